The Balaban J connectivity index is 1.18. The Hall–Kier alpha value is -4.21. The van der Waals surface area contributed by atoms with Crippen molar-refractivity contribution in [3.05, 3.63) is 71.4 Å². The molecule has 2 aliphatic carbocycles. The minimum atomic E-state index is -0.863. The molecule has 1 aromatic heterocycles. The highest BCUT2D eigenvalue weighted by molar-refractivity contribution is 5.93. The van der Waals surface area contributed by atoms with E-state index in [-0.39, 0.29) is 23.5 Å². The number of halogens is 2. The number of aromatic nitrogens is 1. The highest BCUT2D eigenvalue weighted by Crippen LogP contribution is 2.77. The van der Waals surface area contributed by atoms with Crippen LogP contribution in [0.2, 0.25) is 0 Å². The van der Waals surface area contributed by atoms with Gasteiger partial charge < -0.3 is 25.8 Å². The predicted octanol–water partition coefficient (Wildman–Crippen LogP) is 4.42. The maximum Gasteiger partial charge on any atom is 0.319 e. The van der Waals surface area contributed by atoms with Crippen LogP contribution in [-0.4, -0.2) is 27.6 Å². The van der Waals surface area contributed by atoms with E-state index < -0.39 is 28.9 Å². The van der Waals surface area contributed by atoms with Gasteiger partial charge in [0.05, 0.1) is 5.54 Å². The summed E-state index contributed by atoms with van der Waals surface area (Å²) < 4.78 is 33.8. The lowest BCUT2D eigenvalue weighted by molar-refractivity contribution is -0.116. The predicted molar refractivity (Wildman–Crippen MR) is 121 cm³/mol. The number of nitrogens with zero attached hydrogens (tertiary/aromatic N) is 1. The van der Waals surface area contributed by atoms with Crippen LogP contribution in [0.15, 0.2) is 48.7 Å². The minimum Gasteiger partial charge on any atom is -0.508 e. The zero-order valence-corrected chi connectivity index (χ0v) is 18.3. The summed E-state index contributed by atoms with van der Waals surface area (Å²) in [6.45, 7) is 0. The summed E-state index contributed by atoms with van der Waals surface area (Å²) in [6.07, 6.45) is 3.09. The lowest BCUT2D eigenvalue weighted by Gasteiger charge is -2.20. The Bertz CT molecular complexity index is 1380. The first-order valence-electron chi connectivity index (χ1n) is 11.2. The number of carbonyl (C=O) groups excluding carboxylic acids is 2. The second-order valence-corrected chi connectivity index (χ2v) is 9.01. The van der Waals surface area contributed by atoms with E-state index in [0.717, 1.165) is 17.7 Å². The van der Waals surface area contributed by atoms with Crippen molar-refractivity contribution in [1.82, 2.24) is 10.3 Å². The molecule has 4 N–H and O–H groups in total. The molecule has 0 radical (unpaired) electrons. The van der Waals surface area contributed by atoms with Crippen molar-refractivity contribution in [3.8, 4) is 17.2 Å². The Kier molecular flexibility index (Phi) is 4.67. The first-order valence-corrected chi connectivity index (χ1v) is 11.2. The number of fused-ring (bicyclic) bond motifs is 2. The number of ether oxygens (including phenoxy) is 1. The smallest absolute Gasteiger partial charge is 0.319 e. The molecule has 0 spiro atoms. The number of nitrogens with one attached hydrogen (secondary N) is 3. The molecule has 3 amide bonds. The van der Waals surface area contributed by atoms with E-state index in [2.05, 4.69) is 20.9 Å². The monoisotopic (exact) mass is 478 g/mol. The number of carbonyl (C=O) groups is 2. The van der Waals surface area contributed by atoms with Gasteiger partial charge in [-0.3, -0.25) is 4.79 Å². The third-order valence-corrected chi connectivity index (χ3v) is 6.89. The molecule has 2 fully saturated rings. The van der Waals surface area contributed by atoms with E-state index in [4.69, 9.17) is 4.74 Å². The number of amides is 3. The van der Waals surface area contributed by atoms with Crippen LogP contribution in [0.4, 0.5) is 25.1 Å². The molecule has 35 heavy (non-hydrogen) atoms. The lowest BCUT2D eigenvalue weighted by Crippen LogP contribution is -2.36. The van der Waals surface area contributed by atoms with Gasteiger partial charge in [-0.2, -0.15) is 0 Å². The van der Waals surface area contributed by atoms with E-state index in [1.54, 1.807) is 24.4 Å². The van der Waals surface area contributed by atoms with Gasteiger partial charge in [-0.05, 0) is 55.2 Å². The molecule has 2 aromatic carbocycles. The van der Waals surface area contributed by atoms with E-state index in [1.165, 1.54) is 12.1 Å². The van der Waals surface area contributed by atoms with Crippen LogP contribution < -0.4 is 20.7 Å². The van der Waals surface area contributed by atoms with E-state index in [0.29, 0.717) is 42.1 Å². The Morgan fingerprint density at radius 3 is 2.74 bits per heavy atom. The molecule has 3 aliphatic rings. The quantitative estimate of drug-likeness (QED) is 0.434. The molecule has 0 bridgehead atoms. The van der Waals surface area contributed by atoms with Gasteiger partial charge in [0.15, 0.2) is 0 Å². The van der Waals surface area contributed by atoms with Crippen molar-refractivity contribution < 1.29 is 28.2 Å². The minimum absolute atomic E-state index is 0.0697. The fourth-order valence-electron chi connectivity index (χ4n) is 4.92. The Labute approximate surface area is 198 Å². The van der Waals surface area contributed by atoms with Crippen molar-refractivity contribution in [2.75, 3.05) is 10.6 Å². The number of phenols is 1. The molecule has 2 heterocycles. The fourth-order valence-corrected chi connectivity index (χ4v) is 4.92. The molecule has 8 nitrogen and oxygen atoms in total. The molecule has 0 saturated heterocycles. The van der Waals surface area contributed by atoms with Gasteiger partial charge in [0, 0.05) is 29.7 Å². The molecule has 3 atom stereocenters. The number of urea groups is 1. The highest BCUT2D eigenvalue weighted by atomic mass is 19.1. The maximum atomic E-state index is 13.9. The van der Waals surface area contributed by atoms with Crippen LogP contribution in [0.3, 0.4) is 0 Å². The van der Waals surface area contributed by atoms with Gasteiger partial charge in [-0.15, -0.1) is 0 Å². The first kappa shape index (κ1) is 21.3. The average Bonchev–Trinajstić information content (AvgIpc) is 3.68. The number of benzene rings is 2. The summed E-state index contributed by atoms with van der Waals surface area (Å²) in [5.41, 5.74) is 0.339. The second-order valence-electron chi connectivity index (χ2n) is 9.01. The van der Waals surface area contributed by atoms with Gasteiger partial charge in [0.1, 0.15) is 40.4 Å². The summed E-state index contributed by atoms with van der Waals surface area (Å²) in [5.74, 6) is -0.259. The topological polar surface area (TPSA) is 113 Å². The summed E-state index contributed by atoms with van der Waals surface area (Å²) >= 11 is 0. The van der Waals surface area contributed by atoms with Crippen molar-refractivity contribution >= 4 is 23.4 Å². The van der Waals surface area contributed by atoms with Crippen molar-refractivity contribution in [3.63, 3.8) is 0 Å². The lowest BCUT2D eigenvalue weighted by atomic mass is 9.99. The van der Waals surface area contributed by atoms with Gasteiger partial charge in [0.25, 0.3) is 0 Å². The molecule has 3 aromatic rings. The van der Waals surface area contributed by atoms with Crippen LogP contribution in [0.1, 0.15) is 29.9 Å². The van der Waals surface area contributed by atoms with E-state index >= 15 is 0 Å². The van der Waals surface area contributed by atoms with E-state index in [1.807, 2.05) is 0 Å². The van der Waals surface area contributed by atoms with Gasteiger partial charge >= 0.3 is 6.03 Å². The normalized spacial score (nSPS) is 23.4. The zero-order chi connectivity index (χ0) is 24.3. The van der Waals surface area contributed by atoms with Crippen LogP contribution in [-0.2, 0) is 11.2 Å². The van der Waals surface area contributed by atoms with Crippen molar-refractivity contribution in [1.29, 1.82) is 0 Å². The van der Waals surface area contributed by atoms with Crippen LogP contribution in [0.25, 0.3) is 0 Å². The number of rotatable bonds is 5. The molecule has 1 aliphatic heterocycles. The molecular weight excluding hydrogens is 458 g/mol. The van der Waals surface area contributed by atoms with Crippen LogP contribution in [0.5, 0.6) is 17.2 Å². The number of anilines is 2. The van der Waals surface area contributed by atoms with Crippen LogP contribution in [0, 0.1) is 17.6 Å². The summed E-state index contributed by atoms with van der Waals surface area (Å²) in [7, 11) is 0. The number of pyridine rings is 1. The number of para-hydroxylation sites is 1. The molecule has 6 rings (SSSR count). The van der Waals surface area contributed by atoms with Crippen molar-refractivity contribution in [2.45, 2.75) is 30.7 Å². The third-order valence-electron chi connectivity index (χ3n) is 6.89. The summed E-state index contributed by atoms with van der Waals surface area (Å²) in [6, 6.07) is 9.23. The molecule has 178 valence electrons. The number of hydrogen-bond acceptors (Lipinski definition) is 5. The molecule has 2 saturated carbocycles. The molecule has 10 heteroatoms. The first-order chi connectivity index (χ1) is 16.9. The second kappa shape index (κ2) is 7.66. The summed E-state index contributed by atoms with van der Waals surface area (Å²) in [4.78, 5) is 28.3. The summed E-state index contributed by atoms with van der Waals surface area (Å²) in [5, 5.41) is 18.3. The molecular formula is C25H20F2N4O4. The van der Waals surface area contributed by atoms with Gasteiger partial charge in [-0.25, -0.2) is 18.6 Å². The van der Waals surface area contributed by atoms with Crippen LogP contribution >= 0.6 is 0 Å². The SMILES string of the molecule is O=C1CCc2c(Oc3ccc(O)c([C@@H]4[C@@H]5C[C@@]45NC(=O)Nc4c(F)cccc4F)c3)ccnc2N1. The number of aromatic hydroxyl groups is 1. The third kappa shape index (κ3) is 3.61. The Morgan fingerprint density at radius 1 is 1.17 bits per heavy atom. The Morgan fingerprint density at radius 2 is 1.97 bits per heavy atom. The van der Waals surface area contributed by atoms with Gasteiger partial charge in [0.2, 0.25) is 5.91 Å². The number of phenolic OH excluding ortho intramolecular Hbond substituents is 1. The average molecular weight is 478 g/mol. The maximum absolute atomic E-state index is 13.9. The standard InChI is InChI=1S/C25H20F2N4O4/c26-16-2-1-3-17(27)22(16)30-24(34)31-25-11-15(25)21(25)14-10-12(4-6-18(14)32)35-19-8-9-28-23-13(19)5-7-20(33)29-23/h1-4,6,8-10,15,21,32H,5,7,11H2,(H,28,29,33)(H2,30,31,34)/t15-,21+,25-/m0/s1. The van der Waals surface area contributed by atoms with Crippen molar-refractivity contribution in [2.24, 2.45) is 5.92 Å². The van der Waals surface area contributed by atoms with Gasteiger partial charge in [-0.1, -0.05) is 6.07 Å². The molecule has 0 unspecified atom stereocenters. The van der Waals surface area contributed by atoms with E-state index in [9.17, 15) is 23.5 Å². The zero-order valence-electron chi connectivity index (χ0n) is 18.3. The fraction of sp³-hybridized carbons (Fsp3) is 0.240. The number of hydrogen-bond donors (Lipinski definition) is 4. The largest absolute Gasteiger partial charge is 0.508 e. The highest BCUT2D eigenvalue weighted by Gasteiger charge is 2.80.